The van der Waals surface area contributed by atoms with E-state index in [0.717, 1.165) is 25.7 Å². The van der Waals surface area contributed by atoms with E-state index in [1.165, 1.54) is 24.5 Å². The molecule has 0 amide bonds. The lowest BCUT2D eigenvalue weighted by atomic mass is 10.0. The lowest BCUT2D eigenvalue weighted by molar-refractivity contribution is -0.140. The van der Waals surface area contributed by atoms with Gasteiger partial charge in [0.05, 0.1) is 13.2 Å². The lowest BCUT2D eigenvalue weighted by Crippen LogP contribution is -2.14. The fourth-order valence-corrected chi connectivity index (χ4v) is 2.18. The maximum atomic E-state index is 11.1. The highest BCUT2D eigenvalue weighted by atomic mass is 16.5. The minimum absolute atomic E-state index is 0.264. The molecular weight excluding hydrogens is 388 g/mol. The molecule has 0 N–H and O–H groups in total. The average molecular weight is 431 g/mol. The van der Waals surface area contributed by atoms with Crippen molar-refractivity contribution in [3.8, 4) is 0 Å². The number of carbonyl (C=O) groups excluding carboxylic acids is 2. The van der Waals surface area contributed by atoms with Crippen molar-refractivity contribution in [2.24, 2.45) is 5.92 Å². The summed E-state index contributed by atoms with van der Waals surface area (Å²) >= 11 is 0. The summed E-state index contributed by atoms with van der Waals surface area (Å²) in [5.41, 5.74) is 1.66. The molecule has 1 unspecified atom stereocenters. The molecule has 0 fully saturated rings. The van der Waals surface area contributed by atoms with Crippen LogP contribution in [0.3, 0.4) is 0 Å². The second-order valence-corrected chi connectivity index (χ2v) is 7.14. The van der Waals surface area contributed by atoms with Gasteiger partial charge >= 0.3 is 11.9 Å². The highest BCUT2D eigenvalue weighted by Crippen LogP contribution is 2.13. The zero-order valence-corrected chi connectivity index (χ0v) is 20.0. The predicted molar refractivity (Wildman–Crippen MR) is 132 cm³/mol. The van der Waals surface area contributed by atoms with Crippen molar-refractivity contribution in [3.05, 3.63) is 67.3 Å². The Balaban J connectivity index is 0. The molecule has 1 aromatic carbocycles. The van der Waals surface area contributed by atoms with E-state index < -0.39 is 0 Å². The van der Waals surface area contributed by atoms with Gasteiger partial charge in [-0.2, -0.15) is 0 Å². The minimum atomic E-state index is -0.330. The molecule has 0 aromatic heterocycles. The molecule has 0 saturated carbocycles. The molecule has 0 saturated heterocycles. The predicted octanol–water partition coefficient (Wildman–Crippen LogP) is 7.17. The molecule has 0 aliphatic rings. The van der Waals surface area contributed by atoms with Crippen molar-refractivity contribution >= 4 is 18.0 Å². The molecule has 0 bridgehead atoms. The maximum absolute atomic E-state index is 11.1. The van der Waals surface area contributed by atoms with Gasteiger partial charge in [0.25, 0.3) is 0 Å². The Morgan fingerprint density at radius 3 is 2.03 bits per heavy atom. The highest BCUT2D eigenvalue weighted by molar-refractivity contribution is 5.86. The first kappa shape index (κ1) is 30.6. The van der Waals surface area contributed by atoms with Gasteiger partial charge in [-0.25, -0.2) is 9.59 Å². The number of rotatable bonds is 12. The van der Waals surface area contributed by atoms with Crippen LogP contribution in [0.15, 0.2) is 61.7 Å². The van der Waals surface area contributed by atoms with E-state index in [2.05, 4.69) is 38.3 Å². The van der Waals surface area contributed by atoms with E-state index in [9.17, 15) is 9.59 Å². The van der Waals surface area contributed by atoms with Gasteiger partial charge in [-0.15, -0.1) is 0 Å². The third-order valence-corrected chi connectivity index (χ3v) is 4.29. The van der Waals surface area contributed by atoms with Crippen molar-refractivity contribution in [1.82, 2.24) is 0 Å². The molecule has 31 heavy (non-hydrogen) atoms. The first-order chi connectivity index (χ1) is 14.9. The topological polar surface area (TPSA) is 52.6 Å². The van der Waals surface area contributed by atoms with Crippen molar-refractivity contribution < 1.29 is 19.1 Å². The standard InChI is InChI=1S/C12H22O2.C8H8.C7H12O2/c1-5-7-8-11(6-2)9-14-12(13)10(3)4;1-2-8-6-4-3-5-7-8;1-3-5-6-9-7(8)4-2/h11H,3,5-9H2,1-2,4H3;2-7H,1H2;4H,2-3,5-6H2,1H3. The molecule has 0 heterocycles. The highest BCUT2D eigenvalue weighted by Gasteiger charge is 2.09. The molecule has 0 aliphatic carbocycles. The van der Waals surface area contributed by atoms with Gasteiger partial charge in [-0.3, -0.25) is 0 Å². The quantitative estimate of drug-likeness (QED) is 0.200. The van der Waals surface area contributed by atoms with Crippen molar-refractivity contribution in [1.29, 1.82) is 0 Å². The lowest BCUT2D eigenvalue weighted by Gasteiger charge is -2.14. The normalized spacial score (nSPS) is 10.2. The second-order valence-electron chi connectivity index (χ2n) is 7.14. The van der Waals surface area contributed by atoms with Crippen LogP contribution in [0.5, 0.6) is 0 Å². The number of benzene rings is 1. The first-order valence-corrected chi connectivity index (χ1v) is 11.1. The van der Waals surface area contributed by atoms with Crippen LogP contribution in [-0.4, -0.2) is 25.2 Å². The van der Waals surface area contributed by atoms with Gasteiger partial charge in [0.1, 0.15) is 0 Å². The number of hydrogen-bond acceptors (Lipinski definition) is 4. The maximum Gasteiger partial charge on any atom is 0.333 e. The van der Waals surface area contributed by atoms with Crippen LogP contribution in [0, 0.1) is 5.92 Å². The first-order valence-electron chi connectivity index (χ1n) is 11.1. The molecule has 0 radical (unpaired) electrons. The summed E-state index contributed by atoms with van der Waals surface area (Å²) in [4.78, 5) is 21.5. The zero-order chi connectivity index (χ0) is 23.9. The van der Waals surface area contributed by atoms with Crippen molar-refractivity contribution in [2.45, 2.75) is 66.2 Å². The molecule has 1 aromatic rings. The molecule has 1 rings (SSSR count). The van der Waals surface area contributed by atoms with E-state index >= 15 is 0 Å². The van der Waals surface area contributed by atoms with Crippen LogP contribution in [0.2, 0.25) is 0 Å². The fraction of sp³-hybridized carbons (Fsp3) is 0.481. The molecule has 4 heteroatoms. The average Bonchev–Trinajstić information content (AvgIpc) is 2.80. The van der Waals surface area contributed by atoms with Gasteiger partial charge in [-0.1, -0.05) is 103 Å². The molecular formula is C27H42O4. The Labute approximate surface area is 190 Å². The summed E-state index contributed by atoms with van der Waals surface area (Å²) < 4.78 is 9.79. The molecule has 174 valence electrons. The zero-order valence-electron chi connectivity index (χ0n) is 20.0. The second kappa shape index (κ2) is 22.1. The van der Waals surface area contributed by atoms with E-state index in [4.69, 9.17) is 4.74 Å². The van der Waals surface area contributed by atoms with Crippen molar-refractivity contribution in [3.63, 3.8) is 0 Å². The van der Waals surface area contributed by atoms with Crippen LogP contribution >= 0.6 is 0 Å². The largest absolute Gasteiger partial charge is 0.463 e. The van der Waals surface area contributed by atoms with Gasteiger partial charge < -0.3 is 9.47 Å². The van der Waals surface area contributed by atoms with Crippen LogP contribution in [0.25, 0.3) is 6.08 Å². The smallest absolute Gasteiger partial charge is 0.333 e. The number of esters is 2. The van der Waals surface area contributed by atoms with Gasteiger partial charge in [-0.05, 0) is 31.2 Å². The van der Waals surface area contributed by atoms with Crippen LogP contribution < -0.4 is 0 Å². The van der Waals surface area contributed by atoms with Crippen LogP contribution in [0.1, 0.15) is 71.8 Å². The Hall–Kier alpha value is -2.62. The molecule has 0 spiro atoms. The van der Waals surface area contributed by atoms with Gasteiger partial charge in [0.2, 0.25) is 0 Å². The van der Waals surface area contributed by atoms with E-state index in [0.29, 0.717) is 24.7 Å². The summed E-state index contributed by atoms with van der Waals surface area (Å²) in [6, 6.07) is 10.0. The molecule has 0 aliphatic heterocycles. The Morgan fingerprint density at radius 1 is 1.00 bits per heavy atom. The molecule has 4 nitrogen and oxygen atoms in total. The van der Waals surface area contributed by atoms with Crippen LogP contribution in [0.4, 0.5) is 0 Å². The van der Waals surface area contributed by atoms with E-state index in [1.54, 1.807) is 6.92 Å². The van der Waals surface area contributed by atoms with Gasteiger partial charge in [0, 0.05) is 11.6 Å². The number of hydrogen-bond donors (Lipinski definition) is 0. The molecule has 1 atom stereocenters. The third-order valence-electron chi connectivity index (χ3n) is 4.29. The summed E-state index contributed by atoms with van der Waals surface area (Å²) in [6.07, 6.45) is 9.62. The minimum Gasteiger partial charge on any atom is -0.463 e. The van der Waals surface area contributed by atoms with E-state index in [-0.39, 0.29) is 11.9 Å². The Bertz CT molecular complexity index is 619. The Kier molecular flexibility index (Phi) is 21.8. The summed E-state index contributed by atoms with van der Waals surface area (Å²) in [5.74, 6) is -0.0818. The Morgan fingerprint density at radius 2 is 1.61 bits per heavy atom. The van der Waals surface area contributed by atoms with Crippen LogP contribution in [-0.2, 0) is 19.1 Å². The monoisotopic (exact) mass is 430 g/mol. The van der Waals surface area contributed by atoms with Gasteiger partial charge in [0.15, 0.2) is 0 Å². The third kappa shape index (κ3) is 20.4. The summed E-state index contributed by atoms with van der Waals surface area (Å²) in [5, 5.41) is 0. The number of unbranched alkanes of at least 4 members (excludes halogenated alkanes) is 2. The summed E-state index contributed by atoms with van der Waals surface area (Å²) in [6.45, 7) is 19.5. The number of ether oxygens (including phenoxy) is 2. The van der Waals surface area contributed by atoms with E-state index in [1.807, 2.05) is 43.3 Å². The number of carbonyl (C=O) groups is 2. The summed E-state index contributed by atoms with van der Waals surface area (Å²) in [7, 11) is 0. The SMILES string of the molecule is C=C(C)C(=O)OCC(CC)CCCC.C=CC(=O)OCCCC.C=Cc1ccccc1. The fourth-order valence-electron chi connectivity index (χ4n) is 2.18. The van der Waals surface area contributed by atoms with Crippen molar-refractivity contribution in [2.75, 3.05) is 13.2 Å².